The molecule has 2 amide bonds. The second-order valence-electron chi connectivity index (χ2n) is 27.1. The van der Waals surface area contributed by atoms with Crippen LogP contribution in [0.25, 0.3) is 0 Å². The number of rotatable bonds is 31. The summed E-state index contributed by atoms with van der Waals surface area (Å²) < 4.78 is 94.6. The van der Waals surface area contributed by atoms with E-state index in [1.165, 1.54) is 14.0 Å². The smallest absolute Gasteiger partial charge is 0.238 e. The fourth-order valence-corrected chi connectivity index (χ4v) is 15.9. The number of hydrogen-bond acceptors (Lipinski definition) is 44. The van der Waals surface area contributed by atoms with Crippen LogP contribution in [0.3, 0.4) is 0 Å². The van der Waals surface area contributed by atoms with Gasteiger partial charge in [0.1, 0.15) is 170 Å². The Bertz CT molecular complexity index is 2740. The second-order valence-corrected chi connectivity index (χ2v) is 30.1. The van der Waals surface area contributed by atoms with Gasteiger partial charge in [-0.3, -0.25) is 19.2 Å². The summed E-state index contributed by atoms with van der Waals surface area (Å²) in [5.41, 5.74) is 0. The van der Waals surface area contributed by atoms with Gasteiger partial charge in [0, 0.05) is 66.9 Å². The Kier molecular flexibility index (Phi) is 38.0. The Morgan fingerprint density at radius 3 is 0.908 bits per heavy atom. The van der Waals surface area contributed by atoms with Gasteiger partial charge in [0.25, 0.3) is 0 Å². The third-order valence-electron chi connectivity index (χ3n) is 19.4. The van der Waals surface area contributed by atoms with E-state index in [9.17, 15) is 116 Å². The number of thiol groups is 2. The molecule has 0 saturated carbocycles. The molecule has 21 saturated heterocycles. The second kappa shape index (κ2) is 44.7. The van der Waals surface area contributed by atoms with E-state index in [1.54, 1.807) is 0 Å². The molecule has 0 aromatic carbocycles. The lowest BCUT2D eigenvalue weighted by Crippen LogP contribution is -2.68. The number of likely N-dealkylation sites (N-methyl/N-ethyl adjacent to an activating group) is 1. The molecule has 0 aliphatic carbocycles. The number of ether oxygens (including phenoxy) is 16. The number of ketones is 2. The van der Waals surface area contributed by atoms with E-state index in [-0.39, 0.29) is 93.3 Å². The number of Topliss-reactive ketones (excluding diaryl/α,β-unsaturated/α-hetero) is 2. The van der Waals surface area contributed by atoms with E-state index < -0.39 is 278 Å². The van der Waals surface area contributed by atoms with E-state index in [0.29, 0.717) is 5.75 Å². The normalized spacial score (nSPS) is 43.0. The molecule has 42 nitrogen and oxygen atoms in total. The third kappa shape index (κ3) is 23.6. The molecule has 22 N–H and O–H groups in total. The standard InChI is InChI=1S/C63H107N3O39S4/c1-23(72)3-7-90-9-10-91-8-4-25(73)13-24(55(88)65-5-11-106)19-108-21-32-53-39(79)46(86)62(97-32)102-51-30(17-70)93-59(42(82)35(51)75)101-50-29(16-69)96-61(45(85)38(50)78)105-54-33(22-109-20-26(64-2)56(89)66-6-12-107)98-63(47(87)40(54)80)103-52-31(18-71)94-58(43(83)36(52)76)99-48-27(14-67)92-57(41(81)34(48)74)100-49-28(15-68)95-60(104-53)44(84)37(49)77/h24,26-54,57-64,67-71,74-87,106-107H,3-22H2,1-2H3,(H,65,88)(H,66,89)/t24-,26-,27?,28?,29?,30?,31?,32?,33?,34-,35-,36-,37-,38-,39+,40-,41?,42?,43?,44?,45?,46?,47?,48-,49-,50-,51-,52-,53-,54-,57-,58-,59+,60-,61+,62-,63+/m1/s1. The summed E-state index contributed by atoms with van der Waals surface area (Å²) in [6.45, 7) is -3.37. The van der Waals surface area contributed by atoms with Gasteiger partial charge in [-0.25, -0.2) is 0 Å². The molecule has 0 radical (unpaired) electrons. The van der Waals surface area contributed by atoms with E-state index in [1.807, 2.05) is 0 Å². The van der Waals surface area contributed by atoms with E-state index in [2.05, 4.69) is 41.2 Å². The first-order valence-corrected chi connectivity index (χ1v) is 39.2. The van der Waals surface area contributed by atoms with Crippen LogP contribution in [0.1, 0.15) is 26.2 Å². The number of aliphatic hydroxyl groups excluding tert-OH is 19. The molecule has 46 heteroatoms. The molecule has 21 fully saturated rings. The van der Waals surface area contributed by atoms with E-state index in [4.69, 9.17) is 75.8 Å². The number of thioether (sulfide) groups is 2. The summed E-state index contributed by atoms with van der Waals surface area (Å²) >= 11 is 10.2. The largest absolute Gasteiger partial charge is 0.394 e. The third-order valence-corrected chi connectivity index (χ3v) is 22.2. The Morgan fingerprint density at radius 2 is 0.633 bits per heavy atom. The number of carbonyl (C=O) groups is 4. The maximum atomic E-state index is 13.7. The van der Waals surface area contributed by atoms with Crippen LogP contribution in [0, 0.1) is 5.92 Å². The number of hydrogen-bond donors (Lipinski definition) is 24. The van der Waals surface area contributed by atoms with Gasteiger partial charge in [-0.2, -0.15) is 48.8 Å². The van der Waals surface area contributed by atoms with Crippen molar-refractivity contribution in [1.82, 2.24) is 16.0 Å². The number of carbonyl (C=O) groups excluding carboxylic acids is 4. The van der Waals surface area contributed by atoms with Crippen molar-refractivity contribution < 1.29 is 192 Å². The quantitative estimate of drug-likeness (QED) is 0.0226. The van der Waals surface area contributed by atoms with E-state index >= 15 is 0 Å². The summed E-state index contributed by atoms with van der Waals surface area (Å²) in [4.78, 5) is 51.3. The van der Waals surface area contributed by atoms with Crippen LogP contribution in [-0.4, -0.2) is 456 Å². The molecule has 37 atom stereocenters. The molecule has 632 valence electrons. The lowest BCUT2D eigenvalue weighted by Gasteiger charge is -2.50. The van der Waals surface area contributed by atoms with Crippen LogP contribution in [0.4, 0.5) is 0 Å². The molecule has 21 heterocycles. The minimum atomic E-state index is -2.29. The maximum absolute atomic E-state index is 13.7. The summed E-state index contributed by atoms with van der Waals surface area (Å²) in [7, 11) is 1.50. The molecule has 0 aromatic rings. The molecule has 14 bridgehead atoms. The summed E-state index contributed by atoms with van der Waals surface area (Å²) in [6.07, 6.45) is -72.0. The van der Waals surface area contributed by atoms with Crippen LogP contribution < -0.4 is 16.0 Å². The van der Waals surface area contributed by atoms with Gasteiger partial charge in [-0.15, -0.1) is 0 Å². The first-order valence-electron chi connectivity index (χ1n) is 35.6. The van der Waals surface area contributed by atoms with Gasteiger partial charge >= 0.3 is 0 Å². The maximum Gasteiger partial charge on any atom is 0.238 e. The van der Waals surface area contributed by atoms with Crippen molar-refractivity contribution in [3.8, 4) is 0 Å². The van der Waals surface area contributed by atoms with Gasteiger partial charge in [0.2, 0.25) is 11.8 Å². The highest BCUT2D eigenvalue weighted by atomic mass is 32.2. The lowest BCUT2D eigenvalue weighted by atomic mass is 9.95. The van der Waals surface area contributed by atoms with Crippen LogP contribution in [0.5, 0.6) is 0 Å². The average Bonchev–Trinajstić information content (AvgIpc) is 0.804. The van der Waals surface area contributed by atoms with E-state index in [0.717, 1.165) is 23.5 Å². The van der Waals surface area contributed by atoms with Crippen LogP contribution >= 0.6 is 48.8 Å². The van der Waals surface area contributed by atoms with Crippen molar-refractivity contribution >= 4 is 72.2 Å². The molecule has 21 aliphatic rings. The van der Waals surface area contributed by atoms with Crippen molar-refractivity contribution in [2.75, 3.05) is 114 Å². The molecular weight excluding hydrogens is 1550 g/mol. The zero-order valence-corrected chi connectivity index (χ0v) is 62.8. The lowest BCUT2D eigenvalue weighted by molar-refractivity contribution is -0.395. The van der Waals surface area contributed by atoms with Gasteiger partial charge in [-0.05, 0) is 14.0 Å². The summed E-state index contributed by atoms with van der Waals surface area (Å²) in [5.74, 6) is -2.89. The molecule has 14 unspecified atom stereocenters. The first-order chi connectivity index (χ1) is 52.1. The fraction of sp³-hybridized carbons (Fsp3) is 0.937. The molecule has 21 aliphatic heterocycles. The van der Waals surface area contributed by atoms with Crippen molar-refractivity contribution in [3.63, 3.8) is 0 Å². The van der Waals surface area contributed by atoms with Gasteiger partial charge in [-0.1, -0.05) is 0 Å². The van der Waals surface area contributed by atoms with Crippen LogP contribution in [0.2, 0.25) is 0 Å². The highest BCUT2D eigenvalue weighted by Crippen LogP contribution is 2.40. The molecular formula is C63H107N3O39S4. The highest BCUT2D eigenvalue weighted by Gasteiger charge is 2.60. The monoisotopic (exact) mass is 1660 g/mol. The van der Waals surface area contributed by atoms with Gasteiger partial charge in [0.05, 0.1) is 83.6 Å². The van der Waals surface area contributed by atoms with Gasteiger partial charge in [0.15, 0.2) is 44.0 Å². The zero-order chi connectivity index (χ0) is 79.7. The molecule has 0 spiro atoms. The molecule has 21 rings (SSSR count). The molecule has 109 heavy (non-hydrogen) atoms. The Balaban J connectivity index is 1.09. The SMILES string of the molecule is CN[C@H](CSCC1O[C@H]2O[C@@H]3C(CO)O[C@H](O[C@@H]4C(CO)O[C@H](O[C@@H]5C(CO)O[C@H](O[C@@H]6C(CSC[C@@H](CC(=O)CCOCCOCCC(C)=O)C(=O)NCCS)O[C@H](O[C@@H]7C(CO)O[C@@H](O[C@@H]8C(CO)O[C@@H](O[C@H]1[C@H](O)C2O)C(O)[C@H]8O)C(O)[C@H]7O)C(O)[C@@H]6O)C(O)[C@H]5O)C(O)[C@H]4O)C(O)[C@H]3O)C(=O)NCCS. The van der Waals surface area contributed by atoms with Crippen molar-refractivity contribution in [2.24, 2.45) is 5.92 Å². The van der Waals surface area contributed by atoms with Crippen LogP contribution in [-0.2, 0) is 95.0 Å². The summed E-state index contributed by atoms with van der Waals surface area (Å²) in [5, 5.41) is 227. The Labute approximate surface area is 644 Å². The predicted molar refractivity (Wildman–Crippen MR) is 370 cm³/mol. The first kappa shape index (κ1) is 92.7. The number of amides is 2. The average molecular weight is 1660 g/mol. The van der Waals surface area contributed by atoms with Crippen LogP contribution in [0.15, 0.2) is 0 Å². The minimum Gasteiger partial charge on any atom is -0.394 e. The zero-order valence-electron chi connectivity index (χ0n) is 59.4. The predicted octanol–water partition coefficient (Wildman–Crippen LogP) is -13.1. The van der Waals surface area contributed by atoms with Crippen molar-refractivity contribution in [2.45, 2.75) is 247 Å². The minimum absolute atomic E-state index is 0.0103. The molecule has 0 aromatic heterocycles. The van der Waals surface area contributed by atoms with Crippen molar-refractivity contribution in [3.05, 3.63) is 0 Å². The topological polar surface area (TPSA) is 636 Å². The number of nitrogens with one attached hydrogen (secondary N) is 3. The highest BCUT2D eigenvalue weighted by molar-refractivity contribution is 7.99. The Morgan fingerprint density at radius 1 is 0.367 bits per heavy atom. The summed E-state index contributed by atoms with van der Waals surface area (Å²) in [6, 6.07) is -0.860. The number of aliphatic hydroxyl groups is 19. The Hall–Kier alpha value is -1.76. The fourth-order valence-electron chi connectivity index (χ4n) is 13.3. The van der Waals surface area contributed by atoms with Crippen molar-refractivity contribution in [1.29, 1.82) is 0 Å². The van der Waals surface area contributed by atoms with Gasteiger partial charge < -0.3 is 189 Å².